The molecule has 0 fully saturated rings. The summed E-state index contributed by atoms with van der Waals surface area (Å²) in [7, 11) is 0.783. The molecule has 29 heavy (non-hydrogen) atoms. The monoisotopic (exact) mass is 396 g/mol. The van der Waals surface area contributed by atoms with Crippen molar-refractivity contribution < 1.29 is 8.85 Å². The average molecular weight is 397 g/mol. The van der Waals surface area contributed by atoms with Crippen LogP contribution in [0, 0.1) is 0 Å². The third kappa shape index (κ3) is 2.24. The Balaban J connectivity index is 1.70. The van der Waals surface area contributed by atoms with Gasteiger partial charge in [0.1, 0.15) is 0 Å². The highest BCUT2D eigenvalue weighted by atomic mass is 28.4. The van der Waals surface area contributed by atoms with Gasteiger partial charge in [0.15, 0.2) is 0 Å². The Morgan fingerprint density at radius 3 is 1.38 bits per heavy atom. The Hall–Kier alpha value is -2.46. The van der Waals surface area contributed by atoms with Gasteiger partial charge in [-0.05, 0) is 69.5 Å². The highest BCUT2D eigenvalue weighted by Crippen LogP contribution is 2.33. The zero-order valence-corrected chi connectivity index (χ0v) is 17.9. The molecule has 0 spiro atoms. The first-order valence-corrected chi connectivity index (χ1v) is 12.3. The van der Waals surface area contributed by atoms with Crippen molar-refractivity contribution in [3.05, 3.63) is 82.9 Å². The van der Waals surface area contributed by atoms with Crippen LogP contribution in [0.4, 0.5) is 0 Å². The van der Waals surface area contributed by atoms with Crippen molar-refractivity contribution >= 4 is 40.5 Å². The summed E-state index contributed by atoms with van der Waals surface area (Å²) in [5.41, 5.74) is 5.81. The largest absolute Gasteiger partial charge is 0.407 e. The fraction of sp³-hybridized carbons (Fsp3) is 0.231. The van der Waals surface area contributed by atoms with E-state index in [0.29, 0.717) is 0 Å². The lowest BCUT2D eigenvalue weighted by molar-refractivity contribution is 0.273. The summed E-state index contributed by atoms with van der Waals surface area (Å²) in [5.74, 6) is 0. The SMILES string of the molecule is CO[Si](OC)(c1ccc2c3c(cccc13)CC2)c1ccc2c3c(cccc13)CC2. The third-order valence-corrected chi connectivity index (χ3v) is 10.5. The van der Waals surface area contributed by atoms with Crippen LogP contribution >= 0.6 is 0 Å². The van der Waals surface area contributed by atoms with Crippen LogP contribution in [0.25, 0.3) is 21.5 Å². The van der Waals surface area contributed by atoms with E-state index in [2.05, 4.69) is 60.7 Å². The van der Waals surface area contributed by atoms with Crippen LogP contribution in [0.1, 0.15) is 22.3 Å². The molecule has 0 bridgehead atoms. The lowest BCUT2D eigenvalue weighted by Crippen LogP contribution is -2.62. The van der Waals surface area contributed by atoms with E-state index in [4.69, 9.17) is 8.85 Å². The first-order chi connectivity index (χ1) is 14.3. The molecular formula is C26H24O2Si. The van der Waals surface area contributed by atoms with Gasteiger partial charge in [-0.2, -0.15) is 0 Å². The smallest absolute Gasteiger partial charge is 0.391 e. The summed E-state index contributed by atoms with van der Waals surface area (Å²) in [5, 5.41) is 7.89. The van der Waals surface area contributed by atoms with Crippen molar-refractivity contribution in [3.63, 3.8) is 0 Å². The van der Waals surface area contributed by atoms with Crippen LogP contribution in [0.15, 0.2) is 60.7 Å². The standard InChI is InChI=1S/C26H24O2Si/c1-27-29(28-2,23-15-13-19-11-9-17-5-3-7-21(23)25(17)19)24-16-14-20-12-10-18-6-4-8-22(24)26(18)20/h3-8,13-16H,9-12H2,1-2H3. The first-order valence-electron chi connectivity index (χ1n) is 10.4. The van der Waals surface area contributed by atoms with Gasteiger partial charge < -0.3 is 8.85 Å². The number of rotatable bonds is 4. The van der Waals surface area contributed by atoms with Crippen molar-refractivity contribution in [2.24, 2.45) is 0 Å². The van der Waals surface area contributed by atoms with Crippen LogP contribution in [0.2, 0.25) is 0 Å². The van der Waals surface area contributed by atoms with Gasteiger partial charge in [-0.3, -0.25) is 0 Å². The van der Waals surface area contributed by atoms with Crippen molar-refractivity contribution in [1.29, 1.82) is 0 Å². The van der Waals surface area contributed by atoms with Gasteiger partial charge in [0.05, 0.1) is 0 Å². The molecule has 6 rings (SSSR count). The Morgan fingerprint density at radius 2 is 0.966 bits per heavy atom. The topological polar surface area (TPSA) is 18.5 Å². The second-order valence-electron chi connectivity index (χ2n) is 8.25. The van der Waals surface area contributed by atoms with E-state index < -0.39 is 8.56 Å². The first kappa shape index (κ1) is 17.4. The normalized spacial score (nSPS) is 15.0. The van der Waals surface area contributed by atoms with Crippen molar-refractivity contribution in [2.45, 2.75) is 25.7 Å². The van der Waals surface area contributed by atoms with Crippen LogP contribution in [0.3, 0.4) is 0 Å². The van der Waals surface area contributed by atoms with Gasteiger partial charge in [-0.1, -0.05) is 60.7 Å². The van der Waals surface area contributed by atoms with Crippen LogP contribution in [0.5, 0.6) is 0 Å². The molecule has 0 aliphatic heterocycles. The summed E-state index contributed by atoms with van der Waals surface area (Å²) >= 11 is 0. The lowest BCUT2D eigenvalue weighted by atomic mass is 10.1. The molecular weight excluding hydrogens is 372 g/mol. The van der Waals surface area contributed by atoms with Crippen LogP contribution < -0.4 is 10.4 Å². The van der Waals surface area contributed by atoms with Crippen molar-refractivity contribution in [3.8, 4) is 0 Å². The molecule has 0 saturated carbocycles. The van der Waals surface area contributed by atoms with E-state index in [-0.39, 0.29) is 0 Å². The molecule has 2 aliphatic carbocycles. The lowest BCUT2D eigenvalue weighted by Gasteiger charge is -2.31. The molecule has 2 aliphatic rings. The molecule has 0 amide bonds. The van der Waals surface area contributed by atoms with Gasteiger partial charge in [0.2, 0.25) is 0 Å². The minimum atomic E-state index is -2.86. The third-order valence-electron chi connectivity index (χ3n) is 7.04. The average Bonchev–Trinajstić information content (AvgIpc) is 3.39. The number of aryl methyl sites for hydroxylation is 4. The zero-order valence-electron chi connectivity index (χ0n) is 16.9. The minimum absolute atomic E-state index is 1.13. The van der Waals surface area contributed by atoms with Gasteiger partial charge in [0.25, 0.3) is 0 Å². The maximum atomic E-state index is 6.39. The van der Waals surface area contributed by atoms with E-state index in [0.717, 1.165) is 25.7 Å². The molecule has 0 radical (unpaired) electrons. The summed E-state index contributed by atoms with van der Waals surface area (Å²) < 4.78 is 12.8. The van der Waals surface area contributed by atoms with Gasteiger partial charge >= 0.3 is 8.56 Å². The summed E-state index contributed by atoms with van der Waals surface area (Å²) in [6, 6.07) is 22.6. The maximum Gasteiger partial charge on any atom is 0.407 e. The van der Waals surface area contributed by atoms with Crippen LogP contribution in [-0.2, 0) is 34.5 Å². The zero-order chi connectivity index (χ0) is 19.6. The number of benzene rings is 4. The molecule has 0 N–H and O–H groups in total. The predicted molar refractivity (Wildman–Crippen MR) is 122 cm³/mol. The molecule has 0 atom stereocenters. The maximum absolute atomic E-state index is 6.39. The quantitative estimate of drug-likeness (QED) is 0.485. The molecule has 0 unspecified atom stereocenters. The molecule has 0 saturated heterocycles. The van der Waals surface area contributed by atoms with Crippen LogP contribution in [-0.4, -0.2) is 22.8 Å². The summed E-state index contributed by atoms with van der Waals surface area (Å²) in [4.78, 5) is 0. The second-order valence-corrected chi connectivity index (χ2v) is 11.4. The highest BCUT2D eigenvalue weighted by Gasteiger charge is 2.44. The van der Waals surface area contributed by atoms with E-state index in [1.165, 1.54) is 54.2 Å². The molecule has 144 valence electrons. The molecule has 4 aromatic carbocycles. The van der Waals surface area contributed by atoms with E-state index in [9.17, 15) is 0 Å². The summed E-state index contributed by atoms with van der Waals surface area (Å²) in [6.07, 6.45) is 4.52. The second kappa shape index (κ2) is 6.27. The van der Waals surface area contributed by atoms with E-state index >= 15 is 0 Å². The van der Waals surface area contributed by atoms with Crippen molar-refractivity contribution in [2.75, 3.05) is 14.2 Å². The Bertz CT molecular complexity index is 1170. The van der Waals surface area contributed by atoms with Gasteiger partial charge in [0, 0.05) is 24.6 Å². The highest BCUT2D eigenvalue weighted by molar-refractivity contribution is 6.95. The Labute approximate surface area is 172 Å². The summed E-state index contributed by atoms with van der Waals surface area (Å²) in [6.45, 7) is 0. The predicted octanol–water partition coefficient (Wildman–Crippen LogP) is 4.04. The molecule has 4 aromatic rings. The molecule has 0 aromatic heterocycles. The molecule has 2 nitrogen and oxygen atoms in total. The number of hydrogen-bond donors (Lipinski definition) is 0. The molecule has 0 heterocycles. The van der Waals surface area contributed by atoms with Gasteiger partial charge in [-0.25, -0.2) is 0 Å². The Morgan fingerprint density at radius 1 is 0.552 bits per heavy atom. The van der Waals surface area contributed by atoms with E-state index in [1.807, 2.05) is 14.2 Å². The van der Waals surface area contributed by atoms with Crippen molar-refractivity contribution in [1.82, 2.24) is 0 Å². The fourth-order valence-electron chi connectivity index (χ4n) is 5.74. The Kier molecular flexibility index (Phi) is 3.76. The van der Waals surface area contributed by atoms with Gasteiger partial charge in [-0.15, -0.1) is 0 Å². The fourth-order valence-corrected chi connectivity index (χ4v) is 8.80. The molecule has 3 heteroatoms. The number of hydrogen-bond acceptors (Lipinski definition) is 2. The van der Waals surface area contributed by atoms with E-state index in [1.54, 1.807) is 0 Å². The minimum Gasteiger partial charge on any atom is -0.391 e.